The number of nitrogens with one attached hydrogen (secondary N) is 2. The Bertz CT molecular complexity index is 919. The van der Waals surface area contributed by atoms with E-state index in [4.69, 9.17) is 39.5 Å². The fraction of sp³-hybridized carbons (Fsp3) is 0.250. The van der Waals surface area contributed by atoms with Gasteiger partial charge in [-0.25, -0.2) is 0 Å². The molecule has 0 fully saturated rings. The van der Waals surface area contributed by atoms with Crippen LogP contribution in [0.3, 0.4) is 0 Å². The molecule has 0 unspecified atom stereocenters. The Balaban J connectivity index is 1.66. The zero-order valence-corrected chi connectivity index (χ0v) is 17.8. The molecule has 0 aliphatic rings. The van der Waals surface area contributed by atoms with Crippen LogP contribution >= 0.6 is 34.8 Å². The van der Waals surface area contributed by atoms with Crippen LogP contribution in [0.4, 0.5) is 11.4 Å². The first kappa shape index (κ1) is 23.0. The Kier molecular flexibility index (Phi) is 8.76. The first-order valence-corrected chi connectivity index (χ1v) is 9.84. The van der Waals surface area contributed by atoms with Crippen LogP contribution in [0.25, 0.3) is 0 Å². The summed E-state index contributed by atoms with van der Waals surface area (Å²) in [7, 11) is 0. The highest BCUT2D eigenvalue weighted by Gasteiger charge is 2.11. The quantitative estimate of drug-likeness (QED) is 0.531. The zero-order chi connectivity index (χ0) is 21.4. The van der Waals surface area contributed by atoms with E-state index in [1.807, 2.05) is 6.92 Å². The lowest BCUT2D eigenvalue weighted by atomic mass is 10.2. The van der Waals surface area contributed by atoms with E-state index in [-0.39, 0.29) is 30.2 Å². The van der Waals surface area contributed by atoms with Gasteiger partial charge in [-0.15, -0.1) is 0 Å². The molecule has 0 saturated heterocycles. The molecule has 154 valence electrons. The van der Waals surface area contributed by atoms with Crippen molar-refractivity contribution in [1.82, 2.24) is 0 Å². The topological polar surface area (TPSA) is 84.5 Å². The lowest BCUT2D eigenvalue weighted by Crippen LogP contribution is -2.21. The van der Waals surface area contributed by atoms with E-state index in [1.165, 1.54) is 6.07 Å². The number of amides is 2. The van der Waals surface area contributed by atoms with Crippen molar-refractivity contribution in [3.63, 3.8) is 0 Å². The number of halogens is 3. The predicted octanol–water partition coefficient (Wildman–Crippen LogP) is 5.25. The number of carbonyl (C=O) groups is 3. The number of esters is 1. The Morgan fingerprint density at radius 1 is 0.897 bits per heavy atom. The fourth-order valence-corrected chi connectivity index (χ4v) is 2.92. The molecule has 2 aromatic carbocycles. The Morgan fingerprint density at radius 2 is 1.66 bits per heavy atom. The minimum Gasteiger partial charge on any atom is -0.456 e. The zero-order valence-electron chi connectivity index (χ0n) is 15.6. The highest BCUT2D eigenvalue weighted by Crippen LogP contribution is 2.25. The molecule has 2 N–H and O–H groups in total. The molecular formula is C20H19Cl3N2O4. The molecular weight excluding hydrogens is 439 g/mol. The standard InChI is InChI=1S/C20H19Cl3N2O4/c1-12-5-7-14(10-15(12)22)24-18(26)3-2-4-20(28)29-11-19(27)25-17-8-6-13(21)9-16(17)23/h5-10H,2-4,11H2,1H3,(H,24,26)(H,25,27). The van der Waals surface area contributed by atoms with Crippen molar-refractivity contribution in [1.29, 1.82) is 0 Å². The third-order valence-electron chi connectivity index (χ3n) is 3.81. The van der Waals surface area contributed by atoms with Crippen LogP contribution in [0, 0.1) is 6.92 Å². The normalized spacial score (nSPS) is 10.3. The third-order valence-corrected chi connectivity index (χ3v) is 4.76. The number of aryl methyl sites for hydroxylation is 1. The van der Waals surface area contributed by atoms with Gasteiger partial charge in [0.25, 0.3) is 5.91 Å². The molecule has 2 aromatic rings. The minimum absolute atomic E-state index is 0.0110. The predicted molar refractivity (Wildman–Crippen MR) is 115 cm³/mol. The number of benzene rings is 2. The maximum absolute atomic E-state index is 11.9. The smallest absolute Gasteiger partial charge is 0.306 e. The van der Waals surface area contributed by atoms with Gasteiger partial charge in [0.1, 0.15) is 0 Å². The maximum Gasteiger partial charge on any atom is 0.306 e. The van der Waals surface area contributed by atoms with Gasteiger partial charge in [0.15, 0.2) is 6.61 Å². The van der Waals surface area contributed by atoms with Crippen LogP contribution in [-0.2, 0) is 19.1 Å². The molecule has 9 heteroatoms. The number of ether oxygens (including phenoxy) is 1. The lowest BCUT2D eigenvalue weighted by Gasteiger charge is -2.09. The summed E-state index contributed by atoms with van der Waals surface area (Å²) >= 11 is 17.8. The van der Waals surface area contributed by atoms with Crippen LogP contribution in [0.15, 0.2) is 36.4 Å². The van der Waals surface area contributed by atoms with Crippen LogP contribution in [0.2, 0.25) is 15.1 Å². The number of carbonyl (C=O) groups excluding carboxylic acids is 3. The molecule has 0 aromatic heterocycles. The second-order valence-electron chi connectivity index (χ2n) is 6.20. The molecule has 29 heavy (non-hydrogen) atoms. The van der Waals surface area contributed by atoms with E-state index >= 15 is 0 Å². The van der Waals surface area contributed by atoms with Crippen molar-refractivity contribution in [3.8, 4) is 0 Å². The van der Waals surface area contributed by atoms with Gasteiger partial charge in [0, 0.05) is 28.6 Å². The summed E-state index contributed by atoms with van der Waals surface area (Å²) in [6, 6.07) is 9.82. The van der Waals surface area contributed by atoms with Crippen LogP contribution in [0.5, 0.6) is 0 Å². The highest BCUT2D eigenvalue weighted by atomic mass is 35.5. The van der Waals surface area contributed by atoms with Crippen molar-refractivity contribution >= 4 is 64.0 Å². The van der Waals surface area contributed by atoms with E-state index < -0.39 is 18.5 Å². The molecule has 0 heterocycles. The number of hydrogen-bond donors (Lipinski definition) is 2. The van der Waals surface area contributed by atoms with E-state index in [1.54, 1.807) is 30.3 Å². The second-order valence-corrected chi connectivity index (χ2v) is 7.45. The minimum atomic E-state index is -0.575. The van der Waals surface area contributed by atoms with Gasteiger partial charge >= 0.3 is 5.97 Å². The van der Waals surface area contributed by atoms with Crippen molar-refractivity contribution < 1.29 is 19.1 Å². The van der Waals surface area contributed by atoms with Gasteiger partial charge in [-0.1, -0.05) is 40.9 Å². The Morgan fingerprint density at radius 3 is 2.34 bits per heavy atom. The lowest BCUT2D eigenvalue weighted by molar-refractivity contribution is -0.147. The molecule has 2 amide bonds. The molecule has 0 aliphatic heterocycles. The molecule has 0 aliphatic carbocycles. The average molecular weight is 458 g/mol. The number of anilines is 2. The first-order chi connectivity index (χ1) is 13.7. The number of hydrogen-bond acceptors (Lipinski definition) is 4. The molecule has 0 spiro atoms. The summed E-state index contributed by atoms with van der Waals surface area (Å²) in [6.07, 6.45) is 0.430. The van der Waals surface area contributed by atoms with Gasteiger partial charge in [-0.3, -0.25) is 14.4 Å². The van der Waals surface area contributed by atoms with E-state index in [9.17, 15) is 14.4 Å². The van der Waals surface area contributed by atoms with Crippen LogP contribution < -0.4 is 10.6 Å². The molecule has 6 nitrogen and oxygen atoms in total. The van der Waals surface area contributed by atoms with Gasteiger partial charge in [-0.05, 0) is 49.2 Å². The van der Waals surface area contributed by atoms with Crippen LogP contribution in [-0.4, -0.2) is 24.4 Å². The summed E-state index contributed by atoms with van der Waals surface area (Å²) in [4.78, 5) is 35.5. The SMILES string of the molecule is Cc1ccc(NC(=O)CCCC(=O)OCC(=O)Nc2ccc(Cl)cc2Cl)cc1Cl. The number of rotatable bonds is 8. The third kappa shape index (κ3) is 7.93. The highest BCUT2D eigenvalue weighted by molar-refractivity contribution is 6.36. The summed E-state index contributed by atoms with van der Waals surface area (Å²) in [5.41, 5.74) is 1.87. The monoisotopic (exact) mass is 456 g/mol. The van der Waals surface area contributed by atoms with Crippen molar-refractivity contribution in [2.24, 2.45) is 0 Å². The van der Waals surface area contributed by atoms with E-state index in [0.29, 0.717) is 21.4 Å². The fourth-order valence-electron chi connectivity index (χ4n) is 2.28. The second kappa shape index (κ2) is 11.0. The molecule has 0 atom stereocenters. The van der Waals surface area contributed by atoms with Gasteiger partial charge in [-0.2, -0.15) is 0 Å². The molecule has 0 radical (unpaired) electrons. The van der Waals surface area contributed by atoms with Gasteiger partial charge in [0.05, 0.1) is 10.7 Å². The summed E-state index contributed by atoms with van der Waals surface area (Å²) in [6.45, 7) is 1.41. The summed E-state index contributed by atoms with van der Waals surface area (Å²) in [5.74, 6) is -1.35. The van der Waals surface area contributed by atoms with Crippen molar-refractivity contribution in [2.75, 3.05) is 17.2 Å². The Labute approximate surface area is 183 Å². The molecule has 0 saturated carbocycles. The first-order valence-electron chi connectivity index (χ1n) is 8.71. The van der Waals surface area contributed by atoms with E-state index in [2.05, 4.69) is 10.6 Å². The summed E-state index contributed by atoms with van der Waals surface area (Å²) < 4.78 is 4.90. The molecule has 2 rings (SSSR count). The van der Waals surface area contributed by atoms with Crippen LogP contribution in [0.1, 0.15) is 24.8 Å². The van der Waals surface area contributed by atoms with E-state index in [0.717, 1.165) is 5.56 Å². The maximum atomic E-state index is 11.9. The van der Waals surface area contributed by atoms with Crippen molar-refractivity contribution in [3.05, 3.63) is 57.0 Å². The molecule has 0 bridgehead atoms. The average Bonchev–Trinajstić information content (AvgIpc) is 2.65. The van der Waals surface area contributed by atoms with Gasteiger partial charge < -0.3 is 15.4 Å². The Hall–Kier alpha value is -2.28. The van der Waals surface area contributed by atoms with Gasteiger partial charge in [0.2, 0.25) is 5.91 Å². The van der Waals surface area contributed by atoms with Crippen molar-refractivity contribution in [2.45, 2.75) is 26.2 Å². The largest absolute Gasteiger partial charge is 0.456 e. The summed E-state index contributed by atoms with van der Waals surface area (Å²) in [5, 5.41) is 6.50.